The Morgan fingerprint density at radius 1 is 1.39 bits per heavy atom. The second-order valence-corrected chi connectivity index (χ2v) is 4.73. The maximum absolute atomic E-state index is 6.23. The molecule has 98 valence electrons. The fourth-order valence-electron chi connectivity index (χ4n) is 2.02. The predicted molar refractivity (Wildman–Crippen MR) is 71.6 cm³/mol. The lowest BCUT2D eigenvalue weighted by Crippen LogP contribution is -2.27. The van der Waals surface area contributed by atoms with Crippen LogP contribution >= 0.6 is 11.6 Å². The fraction of sp³-hybridized carbons (Fsp3) is 0.500. The van der Waals surface area contributed by atoms with E-state index in [1.807, 2.05) is 29.5 Å². The van der Waals surface area contributed by atoms with Crippen molar-refractivity contribution in [3.8, 4) is 0 Å². The van der Waals surface area contributed by atoms with Crippen LogP contribution in [0.1, 0.15) is 30.8 Å². The van der Waals surface area contributed by atoms with Crippen molar-refractivity contribution in [2.45, 2.75) is 19.4 Å². The Morgan fingerprint density at radius 3 is 2.67 bits per heavy atom. The van der Waals surface area contributed by atoms with Crippen LogP contribution in [0.4, 0.5) is 0 Å². The minimum absolute atomic E-state index is 0.0115. The van der Waals surface area contributed by atoms with E-state index in [-0.39, 0.29) is 6.04 Å². The molecule has 0 aliphatic carbocycles. The van der Waals surface area contributed by atoms with E-state index in [4.69, 9.17) is 11.6 Å². The van der Waals surface area contributed by atoms with E-state index in [1.165, 1.54) is 0 Å². The van der Waals surface area contributed by atoms with E-state index in [2.05, 4.69) is 22.3 Å². The van der Waals surface area contributed by atoms with Gasteiger partial charge in [0, 0.05) is 14.1 Å². The summed E-state index contributed by atoms with van der Waals surface area (Å²) in [4.78, 5) is 4.17. The highest BCUT2D eigenvalue weighted by molar-refractivity contribution is 6.31. The van der Waals surface area contributed by atoms with Gasteiger partial charge in [-0.05, 0) is 13.0 Å². The van der Waals surface area contributed by atoms with Crippen LogP contribution < -0.4 is 5.32 Å². The normalized spacial score (nSPS) is 12.9. The van der Waals surface area contributed by atoms with Gasteiger partial charge in [0.25, 0.3) is 0 Å². The van der Waals surface area contributed by atoms with Crippen LogP contribution in [-0.4, -0.2) is 25.9 Å². The molecule has 1 N–H and O–H groups in total. The van der Waals surface area contributed by atoms with E-state index in [0.717, 1.165) is 24.4 Å². The molecule has 0 bridgehead atoms. The first kappa shape index (κ1) is 13.1. The molecule has 0 spiro atoms. The summed E-state index contributed by atoms with van der Waals surface area (Å²) in [6.07, 6.45) is 6.38. The molecule has 18 heavy (non-hydrogen) atoms. The zero-order valence-corrected chi connectivity index (χ0v) is 11.6. The van der Waals surface area contributed by atoms with Gasteiger partial charge in [0.15, 0.2) is 0 Å². The lowest BCUT2D eigenvalue weighted by atomic mass is 10.1. The number of aromatic nitrogens is 4. The lowest BCUT2D eigenvalue weighted by Gasteiger charge is -2.19. The monoisotopic (exact) mass is 267 g/mol. The first-order valence-electron chi connectivity index (χ1n) is 6.02. The Balaban J connectivity index is 2.40. The summed E-state index contributed by atoms with van der Waals surface area (Å²) in [7, 11) is 3.88. The summed E-state index contributed by atoms with van der Waals surface area (Å²) < 4.78 is 3.80. The number of nitrogens with zero attached hydrogens (tertiary/aromatic N) is 4. The quantitative estimate of drug-likeness (QED) is 0.900. The standard InChI is InChI=1S/C12H18ClN5/c1-4-5-15-11(10-7-14-8-17(10)2)12-9(13)6-16-18(12)3/h6-8,11,15H,4-5H2,1-3H3. The van der Waals surface area contributed by atoms with Gasteiger partial charge in [-0.1, -0.05) is 18.5 Å². The number of imidazole rings is 1. The molecule has 1 atom stereocenters. The van der Waals surface area contributed by atoms with Crippen molar-refractivity contribution < 1.29 is 0 Å². The van der Waals surface area contributed by atoms with Crippen LogP contribution in [0.15, 0.2) is 18.7 Å². The average Bonchev–Trinajstić information content (AvgIpc) is 2.90. The van der Waals surface area contributed by atoms with E-state index in [1.54, 1.807) is 12.5 Å². The smallest absolute Gasteiger partial charge is 0.0946 e. The van der Waals surface area contributed by atoms with Crippen LogP contribution in [0.5, 0.6) is 0 Å². The molecular weight excluding hydrogens is 250 g/mol. The fourth-order valence-corrected chi connectivity index (χ4v) is 2.30. The van der Waals surface area contributed by atoms with Gasteiger partial charge in [-0.25, -0.2) is 4.98 Å². The Kier molecular flexibility index (Phi) is 4.04. The van der Waals surface area contributed by atoms with Crippen LogP contribution in [0.3, 0.4) is 0 Å². The SMILES string of the molecule is CCCNC(c1cncn1C)c1c(Cl)cnn1C. The highest BCUT2D eigenvalue weighted by atomic mass is 35.5. The summed E-state index contributed by atoms with van der Waals surface area (Å²) in [5.41, 5.74) is 2.04. The van der Waals surface area contributed by atoms with Gasteiger partial charge >= 0.3 is 0 Å². The number of hydrogen-bond acceptors (Lipinski definition) is 3. The number of nitrogens with one attached hydrogen (secondary N) is 1. The minimum atomic E-state index is 0.0115. The summed E-state index contributed by atoms with van der Waals surface area (Å²) in [5, 5.41) is 8.36. The maximum Gasteiger partial charge on any atom is 0.0946 e. The van der Waals surface area contributed by atoms with Crippen LogP contribution in [-0.2, 0) is 14.1 Å². The third-order valence-corrected chi connectivity index (χ3v) is 3.25. The maximum atomic E-state index is 6.23. The second-order valence-electron chi connectivity index (χ2n) is 4.32. The largest absolute Gasteiger partial charge is 0.336 e. The van der Waals surface area contributed by atoms with Gasteiger partial charge in [0.1, 0.15) is 0 Å². The summed E-state index contributed by atoms with van der Waals surface area (Å²) in [6.45, 7) is 3.05. The van der Waals surface area contributed by atoms with Crippen LogP contribution in [0.25, 0.3) is 0 Å². The number of hydrogen-bond donors (Lipinski definition) is 1. The first-order chi connectivity index (χ1) is 8.65. The van der Waals surface area contributed by atoms with Crippen molar-refractivity contribution in [3.05, 3.63) is 35.1 Å². The molecule has 2 rings (SSSR count). The average molecular weight is 268 g/mol. The molecule has 2 heterocycles. The van der Waals surface area contributed by atoms with E-state index in [0.29, 0.717) is 5.02 Å². The van der Waals surface area contributed by atoms with Gasteiger partial charge < -0.3 is 9.88 Å². The third kappa shape index (κ3) is 2.42. The minimum Gasteiger partial charge on any atom is -0.336 e. The molecule has 0 aromatic carbocycles. The van der Waals surface area contributed by atoms with Crippen molar-refractivity contribution in [1.29, 1.82) is 0 Å². The first-order valence-corrected chi connectivity index (χ1v) is 6.40. The molecule has 0 aliphatic rings. The molecule has 0 aliphatic heterocycles. The van der Waals surface area contributed by atoms with Crippen LogP contribution in [0, 0.1) is 0 Å². The Hall–Kier alpha value is -1.33. The van der Waals surface area contributed by atoms with Crippen molar-refractivity contribution in [3.63, 3.8) is 0 Å². The van der Waals surface area contributed by atoms with Crippen molar-refractivity contribution >= 4 is 11.6 Å². The summed E-state index contributed by atoms with van der Waals surface area (Å²) >= 11 is 6.23. The molecular formula is C12H18ClN5. The van der Waals surface area contributed by atoms with Gasteiger partial charge in [-0.15, -0.1) is 0 Å². The highest BCUT2D eigenvalue weighted by Crippen LogP contribution is 2.27. The zero-order valence-electron chi connectivity index (χ0n) is 10.9. The zero-order chi connectivity index (χ0) is 13.1. The molecule has 0 saturated heterocycles. The lowest BCUT2D eigenvalue weighted by molar-refractivity contribution is 0.531. The highest BCUT2D eigenvalue weighted by Gasteiger charge is 2.22. The van der Waals surface area contributed by atoms with E-state index in [9.17, 15) is 0 Å². The van der Waals surface area contributed by atoms with Crippen molar-refractivity contribution in [1.82, 2.24) is 24.6 Å². The molecule has 1 unspecified atom stereocenters. The molecule has 0 radical (unpaired) electrons. The molecule has 5 nitrogen and oxygen atoms in total. The van der Waals surface area contributed by atoms with Gasteiger partial charge in [0.05, 0.1) is 41.2 Å². The summed E-state index contributed by atoms with van der Waals surface area (Å²) in [5.74, 6) is 0. The predicted octanol–water partition coefficient (Wildman–Crippen LogP) is 1.90. The van der Waals surface area contributed by atoms with Gasteiger partial charge in [-0.2, -0.15) is 5.10 Å². The topological polar surface area (TPSA) is 47.7 Å². The van der Waals surface area contributed by atoms with Gasteiger partial charge in [0.2, 0.25) is 0 Å². The van der Waals surface area contributed by atoms with Gasteiger partial charge in [-0.3, -0.25) is 4.68 Å². The van der Waals surface area contributed by atoms with Crippen molar-refractivity contribution in [2.24, 2.45) is 14.1 Å². The summed E-state index contributed by atoms with van der Waals surface area (Å²) in [6, 6.07) is 0.0115. The molecule has 0 saturated carbocycles. The van der Waals surface area contributed by atoms with Crippen molar-refractivity contribution in [2.75, 3.05) is 6.54 Å². The number of halogens is 1. The number of aryl methyl sites for hydroxylation is 2. The van der Waals surface area contributed by atoms with E-state index >= 15 is 0 Å². The Morgan fingerprint density at radius 2 is 2.17 bits per heavy atom. The molecule has 6 heteroatoms. The Bertz CT molecular complexity index is 497. The second kappa shape index (κ2) is 5.54. The third-order valence-electron chi connectivity index (χ3n) is 2.96. The molecule has 2 aromatic heterocycles. The number of rotatable bonds is 5. The Labute approximate surface area is 112 Å². The van der Waals surface area contributed by atoms with E-state index < -0.39 is 0 Å². The molecule has 0 amide bonds. The van der Waals surface area contributed by atoms with Crippen LogP contribution in [0.2, 0.25) is 5.02 Å². The molecule has 0 fully saturated rings. The molecule has 2 aromatic rings.